The summed E-state index contributed by atoms with van der Waals surface area (Å²) in [7, 11) is 1.81. The molecule has 0 radical (unpaired) electrons. The van der Waals surface area contributed by atoms with E-state index in [0.29, 0.717) is 22.8 Å². The molecule has 70 valence electrons. The number of nitriles is 1. The fourth-order valence-corrected chi connectivity index (χ4v) is 0.975. The summed E-state index contributed by atoms with van der Waals surface area (Å²) in [6, 6.07) is 3.60. The van der Waals surface area contributed by atoms with Gasteiger partial charge in [0, 0.05) is 6.20 Å². The van der Waals surface area contributed by atoms with Crippen molar-refractivity contribution in [1.82, 2.24) is 10.3 Å². The molecule has 3 nitrogen and oxygen atoms in total. The first-order valence-corrected chi connectivity index (χ1v) is 4.35. The summed E-state index contributed by atoms with van der Waals surface area (Å²) in [6.07, 6.45) is 1.42. The fraction of sp³-hybridized carbons (Fsp3) is 0.200. The molecule has 0 aliphatic heterocycles. The molecule has 0 aromatic carbocycles. The maximum Gasteiger partial charge on any atom is 0.144 e. The summed E-state index contributed by atoms with van der Waals surface area (Å²) >= 11 is 5.79. The van der Waals surface area contributed by atoms with E-state index in [9.17, 15) is 0 Å². The zero-order valence-corrected chi connectivity index (χ0v) is 8.39. The van der Waals surface area contributed by atoms with Crippen LogP contribution in [-0.4, -0.2) is 18.6 Å². The lowest BCUT2D eigenvalue weighted by Gasteiger charge is -1.94. The Morgan fingerprint density at radius 2 is 2.43 bits per heavy atom. The van der Waals surface area contributed by atoms with Gasteiger partial charge in [-0.25, -0.2) is 4.98 Å². The van der Waals surface area contributed by atoms with Crippen LogP contribution in [-0.2, 0) is 0 Å². The minimum Gasteiger partial charge on any atom is -0.309 e. The Bertz CT molecular complexity index is 423. The summed E-state index contributed by atoms with van der Waals surface area (Å²) in [4.78, 5) is 3.85. The number of hydrogen-bond donors (Lipinski definition) is 1. The molecule has 0 unspecified atom stereocenters. The highest BCUT2D eigenvalue weighted by Crippen LogP contribution is 2.12. The minimum atomic E-state index is 0.326. The van der Waals surface area contributed by atoms with Crippen LogP contribution in [0.15, 0.2) is 12.3 Å². The van der Waals surface area contributed by atoms with Crippen molar-refractivity contribution >= 4 is 11.6 Å². The zero-order chi connectivity index (χ0) is 10.4. The van der Waals surface area contributed by atoms with Crippen LogP contribution in [0.3, 0.4) is 0 Å². The van der Waals surface area contributed by atoms with Gasteiger partial charge in [0.25, 0.3) is 0 Å². The average molecular weight is 206 g/mol. The van der Waals surface area contributed by atoms with Gasteiger partial charge in [0.1, 0.15) is 11.2 Å². The largest absolute Gasteiger partial charge is 0.309 e. The summed E-state index contributed by atoms with van der Waals surface area (Å²) in [5.74, 6) is 5.68. The number of rotatable bonds is 1. The molecule has 1 heterocycles. The third-order valence-electron chi connectivity index (χ3n) is 1.46. The van der Waals surface area contributed by atoms with E-state index in [2.05, 4.69) is 22.1 Å². The minimum absolute atomic E-state index is 0.326. The van der Waals surface area contributed by atoms with Crippen LogP contribution in [0, 0.1) is 23.2 Å². The lowest BCUT2D eigenvalue weighted by molar-refractivity contribution is 0.938. The van der Waals surface area contributed by atoms with Gasteiger partial charge in [-0.15, -0.1) is 0 Å². The molecule has 0 amide bonds. The van der Waals surface area contributed by atoms with Gasteiger partial charge in [-0.05, 0) is 13.1 Å². The monoisotopic (exact) mass is 205 g/mol. The molecular formula is C10H8ClN3. The summed E-state index contributed by atoms with van der Waals surface area (Å²) in [5, 5.41) is 11.8. The molecule has 0 atom stereocenters. The fourth-order valence-electron chi connectivity index (χ4n) is 0.825. The van der Waals surface area contributed by atoms with E-state index >= 15 is 0 Å². The van der Waals surface area contributed by atoms with Gasteiger partial charge in [0.05, 0.1) is 17.7 Å². The third-order valence-corrected chi connectivity index (χ3v) is 1.76. The topological polar surface area (TPSA) is 48.7 Å². The van der Waals surface area contributed by atoms with E-state index in [4.69, 9.17) is 16.9 Å². The molecule has 1 N–H and O–H groups in total. The maximum absolute atomic E-state index is 8.63. The average Bonchev–Trinajstić information content (AvgIpc) is 2.21. The third kappa shape index (κ3) is 2.74. The van der Waals surface area contributed by atoms with Crippen molar-refractivity contribution in [3.63, 3.8) is 0 Å². The number of halogens is 1. The molecule has 1 aromatic rings. The van der Waals surface area contributed by atoms with Gasteiger partial charge in [-0.1, -0.05) is 23.4 Å². The van der Waals surface area contributed by atoms with Gasteiger partial charge in [0.2, 0.25) is 0 Å². The standard InChI is InChI=1S/C10H8ClN3/c1-13-4-2-3-9-5-8(6-12)7-14-10(9)11/h5,7,13H,4H2,1H3. The molecule has 0 spiro atoms. The van der Waals surface area contributed by atoms with E-state index in [1.165, 1.54) is 6.20 Å². The Labute approximate surface area is 87.7 Å². The van der Waals surface area contributed by atoms with Crippen LogP contribution in [0.2, 0.25) is 5.15 Å². The van der Waals surface area contributed by atoms with Crippen LogP contribution >= 0.6 is 11.6 Å². The summed E-state index contributed by atoms with van der Waals surface area (Å²) in [6.45, 7) is 0.576. The van der Waals surface area contributed by atoms with Crippen LogP contribution in [0.4, 0.5) is 0 Å². The summed E-state index contributed by atoms with van der Waals surface area (Å²) < 4.78 is 0. The first-order chi connectivity index (χ1) is 6.77. The molecule has 0 aliphatic carbocycles. The van der Waals surface area contributed by atoms with Crippen molar-refractivity contribution in [2.45, 2.75) is 0 Å². The van der Waals surface area contributed by atoms with Crippen LogP contribution in [0.5, 0.6) is 0 Å². The Balaban J connectivity index is 2.98. The molecule has 1 rings (SSSR count). The number of aromatic nitrogens is 1. The second-order valence-electron chi connectivity index (χ2n) is 2.51. The number of hydrogen-bond acceptors (Lipinski definition) is 3. The lowest BCUT2D eigenvalue weighted by atomic mass is 10.2. The number of nitrogens with one attached hydrogen (secondary N) is 1. The van der Waals surface area contributed by atoms with E-state index in [1.807, 2.05) is 6.07 Å². The first-order valence-electron chi connectivity index (χ1n) is 3.97. The molecular weight excluding hydrogens is 198 g/mol. The van der Waals surface area contributed by atoms with Crippen LogP contribution in [0.25, 0.3) is 0 Å². The van der Waals surface area contributed by atoms with Crippen molar-refractivity contribution in [3.05, 3.63) is 28.5 Å². The molecule has 0 bridgehead atoms. The van der Waals surface area contributed by atoms with Gasteiger partial charge >= 0.3 is 0 Å². The molecule has 0 saturated carbocycles. The number of nitrogens with zero attached hydrogens (tertiary/aromatic N) is 2. The highest BCUT2D eigenvalue weighted by molar-refractivity contribution is 6.30. The smallest absolute Gasteiger partial charge is 0.144 e. The Hall–Kier alpha value is -1.55. The first kappa shape index (κ1) is 10.5. The Morgan fingerprint density at radius 3 is 3.07 bits per heavy atom. The number of pyridine rings is 1. The van der Waals surface area contributed by atoms with E-state index in [1.54, 1.807) is 13.1 Å². The highest BCUT2D eigenvalue weighted by Gasteiger charge is 1.99. The van der Waals surface area contributed by atoms with Crippen molar-refractivity contribution < 1.29 is 0 Å². The second kappa shape index (κ2) is 5.24. The van der Waals surface area contributed by atoms with E-state index in [-0.39, 0.29) is 0 Å². The molecule has 1 aromatic heterocycles. The Morgan fingerprint density at radius 1 is 1.64 bits per heavy atom. The Kier molecular flexibility index (Phi) is 3.94. The lowest BCUT2D eigenvalue weighted by Crippen LogP contribution is -2.04. The van der Waals surface area contributed by atoms with Gasteiger partial charge in [-0.3, -0.25) is 0 Å². The van der Waals surface area contributed by atoms with E-state index in [0.717, 1.165) is 0 Å². The molecule has 0 saturated heterocycles. The van der Waals surface area contributed by atoms with Crippen molar-refractivity contribution in [1.29, 1.82) is 5.26 Å². The van der Waals surface area contributed by atoms with Crippen molar-refractivity contribution in [2.75, 3.05) is 13.6 Å². The van der Waals surface area contributed by atoms with Crippen LogP contribution < -0.4 is 5.32 Å². The zero-order valence-electron chi connectivity index (χ0n) is 7.63. The second-order valence-corrected chi connectivity index (χ2v) is 2.86. The maximum atomic E-state index is 8.63. The quantitative estimate of drug-likeness (QED) is 0.553. The van der Waals surface area contributed by atoms with Crippen molar-refractivity contribution in [2.24, 2.45) is 0 Å². The highest BCUT2D eigenvalue weighted by atomic mass is 35.5. The van der Waals surface area contributed by atoms with E-state index < -0.39 is 0 Å². The normalized spacial score (nSPS) is 8.64. The molecule has 0 fully saturated rings. The van der Waals surface area contributed by atoms with Crippen LogP contribution in [0.1, 0.15) is 11.1 Å². The summed E-state index contributed by atoms with van der Waals surface area (Å²) in [5.41, 5.74) is 1.05. The van der Waals surface area contributed by atoms with Gasteiger partial charge in [0.15, 0.2) is 0 Å². The van der Waals surface area contributed by atoms with Crippen molar-refractivity contribution in [3.8, 4) is 17.9 Å². The molecule has 14 heavy (non-hydrogen) atoms. The predicted octanol–water partition coefficient (Wildman–Crippen LogP) is 1.18. The molecule has 4 heteroatoms. The SMILES string of the molecule is CNCC#Cc1cc(C#N)cnc1Cl. The van der Waals surface area contributed by atoms with Gasteiger partial charge < -0.3 is 5.32 Å². The predicted molar refractivity (Wildman–Crippen MR) is 54.8 cm³/mol. The molecule has 0 aliphatic rings. The van der Waals surface area contributed by atoms with Gasteiger partial charge in [-0.2, -0.15) is 5.26 Å².